The van der Waals surface area contributed by atoms with Gasteiger partial charge in [0.25, 0.3) is 5.69 Å². The van der Waals surface area contributed by atoms with E-state index in [0.29, 0.717) is 23.7 Å². The number of nitrogens with zero attached hydrogens (tertiary/aromatic N) is 2. The van der Waals surface area contributed by atoms with E-state index in [9.17, 15) is 10.1 Å². The van der Waals surface area contributed by atoms with E-state index in [0.717, 1.165) is 10.7 Å². The first-order valence-electron chi connectivity index (χ1n) is 5.61. The van der Waals surface area contributed by atoms with Gasteiger partial charge in [-0.1, -0.05) is 17.7 Å². The van der Waals surface area contributed by atoms with Gasteiger partial charge in [-0.2, -0.15) is 0 Å². The van der Waals surface area contributed by atoms with Gasteiger partial charge in [0, 0.05) is 30.2 Å². The van der Waals surface area contributed by atoms with Crippen molar-refractivity contribution in [2.75, 3.05) is 0 Å². The van der Waals surface area contributed by atoms with Crippen molar-refractivity contribution in [2.45, 2.75) is 20.0 Å². The van der Waals surface area contributed by atoms with Crippen molar-refractivity contribution in [3.8, 4) is 0 Å². The van der Waals surface area contributed by atoms with Crippen molar-refractivity contribution in [1.29, 1.82) is 0 Å². The number of nitrogens with one attached hydrogen (secondary N) is 1. The lowest BCUT2D eigenvalue weighted by Crippen LogP contribution is -2.14. The van der Waals surface area contributed by atoms with Gasteiger partial charge in [0.2, 0.25) is 0 Å². The predicted octanol–water partition coefficient (Wildman–Crippen LogP) is 3.30. The largest absolute Gasteiger partial charge is 0.306 e. The molecule has 0 radical (unpaired) electrons. The number of thiazole rings is 1. The number of hydrogen-bond acceptors (Lipinski definition) is 5. The quantitative estimate of drug-likeness (QED) is 0.679. The summed E-state index contributed by atoms with van der Waals surface area (Å²) < 4.78 is 0. The maximum Gasteiger partial charge on any atom is 0.275 e. The zero-order valence-corrected chi connectivity index (χ0v) is 11.8. The van der Waals surface area contributed by atoms with Crippen molar-refractivity contribution < 1.29 is 4.92 Å². The summed E-state index contributed by atoms with van der Waals surface area (Å²) in [4.78, 5) is 14.8. The van der Waals surface area contributed by atoms with Crippen LogP contribution in [-0.2, 0) is 13.1 Å². The molecule has 5 nitrogen and oxygen atoms in total. The lowest BCUT2D eigenvalue weighted by atomic mass is 10.2. The summed E-state index contributed by atoms with van der Waals surface area (Å²) in [5.74, 6) is 0. The Kier molecular flexibility index (Phi) is 4.47. The third kappa shape index (κ3) is 3.50. The molecule has 100 valence electrons. The molecule has 19 heavy (non-hydrogen) atoms. The fourth-order valence-electron chi connectivity index (χ4n) is 1.67. The summed E-state index contributed by atoms with van der Waals surface area (Å²) in [6.07, 6.45) is 0. The average molecular weight is 298 g/mol. The van der Waals surface area contributed by atoms with E-state index in [2.05, 4.69) is 10.3 Å². The predicted molar refractivity (Wildman–Crippen MR) is 75.5 cm³/mol. The lowest BCUT2D eigenvalue weighted by Gasteiger charge is -2.06. The van der Waals surface area contributed by atoms with E-state index in [1.165, 1.54) is 6.07 Å². The standard InChI is InChI=1S/C12H12ClN3O2S/c1-8-7-19-12(15-8)6-14-5-9-10(13)3-2-4-11(9)16(17)18/h2-4,7,14H,5-6H2,1H3. The molecule has 0 amide bonds. The SMILES string of the molecule is Cc1csc(CNCc2c(Cl)cccc2[N+](=O)[O-])n1. The smallest absolute Gasteiger partial charge is 0.275 e. The molecule has 0 aliphatic heterocycles. The molecule has 0 unspecified atom stereocenters. The van der Waals surface area contributed by atoms with E-state index in [-0.39, 0.29) is 5.69 Å². The van der Waals surface area contributed by atoms with Gasteiger partial charge in [-0.05, 0) is 13.0 Å². The molecule has 2 rings (SSSR count). The van der Waals surface area contributed by atoms with Crippen LogP contribution < -0.4 is 5.32 Å². The third-order valence-electron chi connectivity index (χ3n) is 2.54. The summed E-state index contributed by atoms with van der Waals surface area (Å²) in [6.45, 7) is 2.84. The monoisotopic (exact) mass is 297 g/mol. The third-order valence-corrected chi connectivity index (χ3v) is 3.86. The molecule has 0 aliphatic rings. The van der Waals surface area contributed by atoms with Gasteiger partial charge in [0.1, 0.15) is 5.01 Å². The van der Waals surface area contributed by atoms with Gasteiger partial charge in [-0.3, -0.25) is 10.1 Å². The van der Waals surface area contributed by atoms with Crippen LogP contribution in [0.4, 0.5) is 5.69 Å². The lowest BCUT2D eigenvalue weighted by molar-refractivity contribution is -0.385. The Balaban J connectivity index is 2.05. The van der Waals surface area contributed by atoms with Gasteiger partial charge in [-0.15, -0.1) is 11.3 Å². The first-order valence-corrected chi connectivity index (χ1v) is 6.87. The summed E-state index contributed by atoms with van der Waals surface area (Å²) >= 11 is 7.56. The van der Waals surface area contributed by atoms with Crippen molar-refractivity contribution in [3.63, 3.8) is 0 Å². The maximum atomic E-state index is 10.9. The Morgan fingerprint density at radius 1 is 1.47 bits per heavy atom. The van der Waals surface area contributed by atoms with Crippen molar-refractivity contribution in [2.24, 2.45) is 0 Å². The molecular formula is C12H12ClN3O2S. The summed E-state index contributed by atoms with van der Waals surface area (Å²) in [5, 5.41) is 17.4. The van der Waals surface area contributed by atoms with Crippen molar-refractivity contribution >= 4 is 28.6 Å². The van der Waals surface area contributed by atoms with E-state index < -0.39 is 4.92 Å². The van der Waals surface area contributed by atoms with E-state index in [1.807, 2.05) is 12.3 Å². The van der Waals surface area contributed by atoms with Crippen molar-refractivity contribution in [3.05, 3.63) is 55.0 Å². The highest BCUT2D eigenvalue weighted by Crippen LogP contribution is 2.26. The van der Waals surface area contributed by atoms with Gasteiger partial charge >= 0.3 is 0 Å². The molecule has 0 saturated heterocycles. The number of rotatable bonds is 5. The molecule has 2 aromatic rings. The number of halogens is 1. The zero-order chi connectivity index (χ0) is 13.8. The van der Waals surface area contributed by atoms with Gasteiger partial charge in [0.15, 0.2) is 0 Å². The average Bonchev–Trinajstić information content (AvgIpc) is 2.77. The highest BCUT2D eigenvalue weighted by Gasteiger charge is 2.15. The first-order chi connectivity index (χ1) is 9.08. The van der Waals surface area contributed by atoms with E-state index in [4.69, 9.17) is 11.6 Å². The van der Waals surface area contributed by atoms with E-state index in [1.54, 1.807) is 23.5 Å². The molecule has 1 aromatic heterocycles. The van der Waals surface area contributed by atoms with Crippen LogP contribution >= 0.6 is 22.9 Å². The molecule has 0 aliphatic carbocycles. The van der Waals surface area contributed by atoms with Crippen LogP contribution in [0.15, 0.2) is 23.6 Å². The molecule has 0 atom stereocenters. The summed E-state index contributed by atoms with van der Waals surface area (Å²) in [5.41, 5.74) is 1.52. The number of benzene rings is 1. The Bertz CT molecular complexity index is 600. The van der Waals surface area contributed by atoms with Crippen LogP contribution in [0, 0.1) is 17.0 Å². The minimum atomic E-state index is -0.420. The zero-order valence-electron chi connectivity index (χ0n) is 10.2. The highest BCUT2D eigenvalue weighted by molar-refractivity contribution is 7.09. The second-order valence-corrected chi connectivity index (χ2v) is 5.33. The molecule has 0 saturated carbocycles. The van der Waals surface area contributed by atoms with Crippen molar-refractivity contribution in [1.82, 2.24) is 10.3 Å². The first kappa shape index (κ1) is 13.9. The number of aromatic nitrogens is 1. The molecule has 1 aromatic carbocycles. The Labute approximate surface area is 119 Å². The fraction of sp³-hybridized carbons (Fsp3) is 0.250. The molecule has 0 fully saturated rings. The normalized spacial score (nSPS) is 10.6. The van der Waals surface area contributed by atoms with E-state index >= 15 is 0 Å². The fourth-order valence-corrected chi connectivity index (χ4v) is 2.65. The molecule has 1 N–H and O–H groups in total. The highest BCUT2D eigenvalue weighted by atomic mass is 35.5. The van der Waals surface area contributed by atoms with Crippen LogP contribution in [0.1, 0.15) is 16.3 Å². The van der Waals surface area contributed by atoms with Gasteiger partial charge in [-0.25, -0.2) is 4.98 Å². The molecule has 1 heterocycles. The Morgan fingerprint density at radius 3 is 2.89 bits per heavy atom. The van der Waals surface area contributed by atoms with Gasteiger partial charge in [0.05, 0.1) is 15.5 Å². The number of nitro benzene ring substituents is 1. The second-order valence-electron chi connectivity index (χ2n) is 3.98. The van der Waals surface area contributed by atoms with Crippen LogP contribution in [0.3, 0.4) is 0 Å². The number of hydrogen-bond donors (Lipinski definition) is 1. The van der Waals surface area contributed by atoms with Crippen LogP contribution in [0.25, 0.3) is 0 Å². The topological polar surface area (TPSA) is 68.1 Å². The van der Waals surface area contributed by atoms with Crippen LogP contribution in [0.2, 0.25) is 5.02 Å². The summed E-state index contributed by atoms with van der Waals surface area (Å²) in [6, 6.07) is 4.68. The molecule has 0 spiro atoms. The molecule has 0 bridgehead atoms. The Morgan fingerprint density at radius 2 is 2.26 bits per heavy atom. The Hall–Kier alpha value is -1.50. The molecular weight excluding hydrogens is 286 g/mol. The van der Waals surface area contributed by atoms with Gasteiger partial charge < -0.3 is 5.32 Å². The number of nitro groups is 1. The van der Waals surface area contributed by atoms with Crippen LogP contribution in [0.5, 0.6) is 0 Å². The second kappa shape index (κ2) is 6.10. The summed E-state index contributed by atoms with van der Waals surface area (Å²) in [7, 11) is 0. The minimum absolute atomic E-state index is 0.0373. The van der Waals surface area contributed by atoms with Crippen LogP contribution in [-0.4, -0.2) is 9.91 Å². The number of aryl methyl sites for hydroxylation is 1. The minimum Gasteiger partial charge on any atom is -0.306 e. The molecule has 7 heteroatoms. The maximum absolute atomic E-state index is 10.9.